The highest BCUT2D eigenvalue weighted by atomic mass is 79.9. The molecule has 7 heteroatoms. The van der Waals surface area contributed by atoms with E-state index in [-0.39, 0.29) is 30.6 Å². The molecule has 0 spiro atoms. The number of carboxylic acid groups (broad SMARTS) is 1. The van der Waals surface area contributed by atoms with Crippen LogP contribution in [0.15, 0.2) is 28.7 Å². The molecule has 0 aliphatic heterocycles. The topological polar surface area (TPSA) is 95.5 Å². The van der Waals surface area contributed by atoms with Crippen molar-refractivity contribution in [3.63, 3.8) is 0 Å². The van der Waals surface area contributed by atoms with Crippen molar-refractivity contribution in [2.75, 3.05) is 6.54 Å². The largest absolute Gasteiger partial charge is 0.481 e. The van der Waals surface area contributed by atoms with E-state index in [0.717, 1.165) is 22.9 Å². The minimum atomic E-state index is -0.972. The van der Waals surface area contributed by atoms with Crippen LogP contribution in [-0.2, 0) is 14.4 Å². The molecule has 24 heavy (non-hydrogen) atoms. The van der Waals surface area contributed by atoms with Crippen LogP contribution in [0.25, 0.3) is 0 Å². The first-order valence-electron chi connectivity index (χ1n) is 8.00. The van der Waals surface area contributed by atoms with Crippen LogP contribution in [0.1, 0.15) is 43.7 Å². The predicted molar refractivity (Wildman–Crippen MR) is 92.2 cm³/mol. The van der Waals surface area contributed by atoms with Gasteiger partial charge in [-0.25, -0.2) is 0 Å². The fourth-order valence-electron chi connectivity index (χ4n) is 2.34. The molecule has 0 heterocycles. The van der Waals surface area contributed by atoms with Crippen LogP contribution in [0.2, 0.25) is 0 Å². The van der Waals surface area contributed by atoms with Gasteiger partial charge >= 0.3 is 5.97 Å². The number of amides is 2. The summed E-state index contributed by atoms with van der Waals surface area (Å²) in [7, 11) is 0. The Morgan fingerprint density at radius 2 is 1.88 bits per heavy atom. The maximum Gasteiger partial charge on any atom is 0.305 e. The molecule has 2 rings (SSSR count). The molecule has 2 amide bonds. The van der Waals surface area contributed by atoms with Crippen molar-refractivity contribution in [2.45, 2.75) is 38.1 Å². The number of benzene rings is 1. The van der Waals surface area contributed by atoms with Crippen LogP contribution in [0.5, 0.6) is 0 Å². The SMILES string of the molecule is O=C(O)CC(NC(=O)CCCNC(=O)C1CC1)c1ccc(Br)cc1. The van der Waals surface area contributed by atoms with E-state index in [1.807, 2.05) is 12.1 Å². The van der Waals surface area contributed by atoms with E-state index in [1.165, 1.54) is 0 Å². The monoisotopic (exact) mass is 396 g/mol. The third-order valence-electron chi connectivity index (χ3n) is 3.81. The number of nitrogens with one attached hydrogen (secondary N) is 2. The first-order chi connectivity index (χ1) is 11.5. The Balaban J connectivity index is 1.79. The molecule has 3 N–H and O–H groups in total. The number of carboxylic acids is 1. The zero-order valence-corrected chi connectivity index (χ0v) is 14.8. The molecule has 1 saturated carbocycles. The summed E-state index contributed by atoms with van der Waals surface area (Å²) in [5.41, 5.74) is 0.746. The van der Waals surface area contributed by atoms with Crippen molar-refractivity contribution in [3.8, 4) is 0 Å². The van der Waals surface area contributed by atoms with Crippen LogP contribution in [-0.4, -0.2) is 29.4 Å². The fourth-order valence-corrected chi connectivity index (χ4v) is 2.60. The summed E-state index contributed by atoms with van der Waals surface area (Å²) in [5, 5.41) is 14.6. The maximum absolute atomic E-state index is 12.0. The van der Waals surface area contributed by atoms with Crippen LogP contribution < -0.4 is 10.6 Å². The average Bonchev–Trinajstić information content (AvgIpc) is 3.36. The number of hydrogen-bond donors (Lipinski definition) is 3. The molecule has 130 valence electrons. The molecule has 1 aliphatic carbocycles. The van der Waals surface area contributed by atoms with Gasteiger partial charge in [0.05, 0.1) is 12.5 Å². The molecule has 1 aliphatic rings. The lowest BCUT2D eigenvalue weighted by Gasteiger charge is -2.17. The van der Waals surface area contributed by atoms with Crippen LogP contribution in [0, 0.1) is 5.92 Å². The number of rotatable bonds is 9. The number of hydrogen-bond acceptors (Lipinski definition) is 3. The van der Waals surface area contributed by atoms with E-state index in [0.29, 0.717) is 13.0 Å². The summed E-state index contributed by atoms with van der Waals surface area (Å²) in [6.07, 6.45) is 2.51. The first kappa shape index (κ1) is 18.4. The van der Waals surface area contributed by atoms with Gasteiger partial charge in [0.15, 0.2) is 0 Å². The zero-order chi connectivity index (χ0) is 17.5. The normalized spacial score (nSPS) is 14.7. The molecule has 1 aromatic rings. The van der Waals surface area contributed by atoms with E-state index in [2.05, 4.69) is 26.6 Å². The lowest BCUT2D eigenvalue weighted by Crippen LogP contribution is -2.31. The minimum Gasteiger partial charge on any atom is -0.481 e. The second-order valence-electron chi connectivity index (χ2n) is 5.94. The van der Waals surface area contributed by atoms with Crippen LogP contribution >= 0.6 is 15.9 Å². The van der Waals surface area contributed by atoms with Crippen molar-refractivity contribution < 1.29 is 19.5 Å². The van der Waals surface area contributed by atoms with Crippen molar-refractivity contribution in [2.24, 2.45) is 5.92 Å². The highest BCUT2D eigenvalue weighted by Crippen LogP contribution is 2.28. The molecule has 1 atom stereocenters. The van der Waals surface area contributed by atoms with E-state index >= 15 is 0 Å². The van der Waals surface area contributed by atoms with Gasteiger partial charge in [0.1, 0.15) is 0 Å². The van der Waals surface area contributed by atoms with Gasteiger partial charge in [0, 0.05) is 23.4 Å². The Hall–Kier alpha value is -1.89. The lowest BCUT2D eigenvalue weighted by atomic mass is 10.0. The number of aliphatic carboxylic acids is 1. The Morgan fingerprint density at radius 3 is 2.46 bits per heavy atom. The summed E-state index contributed by atoms with van der Waals surface area (Å²) in [6, 6.07) is 6.62. The summed E-state index contributed by atoms with van der Waals surface area (Å²) in [6.45, 7) is 0.463. The van der Waals surface area contributed by atoms with E-state index in [9.17, 15) is 14.4 Å². The lowest BCUT2D eigenvalue weighted by molar-refractivity contribution is -0.137. The van der Waals surface area contributed by atoms with E-state index in [1.54, 1.807) is 12.1 Å². The maximum atomic E-state index is 12.0. The molecule has 1 fully saturated rings. The molecular formula is C17H21BrN2O4. The van der Waals surface area contributed by atoms with Gasteiger partial charge in [-0.3, -0.25) is 14.4 Å². The van der Waals surface area contributed by atoms with Crippen molar-refractivity contribution >= 4 is 33.7 Å². The molecule has 0 radical (unpaired) electrons. The zero-order valence-electron chi connectivity index (χ0n) is 13.3. The van der Waals surface area contributed by atoms with Gasteiger partial charge in [-0.05, 0) is 37.0 Å². The summed E-state index contributed by atoms with van der Waals surface area (Å²) < 4.78 is 0.887. The Morgan fingerprint density at radius 1 is 1.21 bits per heavy atom. The third-order valence-corrected chi connectivity index (χ3v) is 4.34. The summed E-state index contributed by atoms with van der Waals surface area (Å²) in [4.78, 5) is 34.5. The highest BCUT2D eigenvalue weighted by molar-refractivity contribution is 9.10. The molecule has 0 aromatic heterocycles. The van der Waals surface area contributed by atoms with E-state index in [4.69, 9.17) is 5.11 Å². The van der Waals surface area contributed by atoms with Crippen LogP contribution in [0.3, 0.4) is 0 Å². The molecule has 0 saturated heterocycles. The van der Waals surface area contributed by atoms with Gasteiger partial charge in [0.25, 0.3) is 0 Å². The second-order valence-corrected chi connectivity index (χ2v) is 6.85. The molecule has 1 unspecified atom stereocenters. The minimum absolute atomic E-state index is 0.0639. The number of halogens is 1. The Bertz CT molecular complexity index is 599. The average molecular weight is 397 g/mol. The molecule has 6 nitrogen and oxygen atoms in total. The second kappa shape index (κ2) is 8.82. The summed E-state index contributed by atoms with van der Waals surface area (Å²) in [5.74, 6) is -0.963. The van der Waals surface area contributed by atoms with Gasteiger partial charge in [-0.2, -0.15) is 0 Å². The molecule has 0 bridgehead atoms. The number of carbonyl (C=O) groups excluding carboxylic acids is 2. The van der Waals surface area contributed by atoms with E-state index < -0.39 is 12.0 Å². The standard InChI is InChI=1S/C17H21BrN2O4/c18-13-7-5-11(6-8-13)14(10-16(22)23)20-15(21)2-1-9-19-17(24)12-3-4-12/h5-8,12,14H,1-4,9-10H2,(H,19,24)(H,20,21)(H,22,23). The highest BCUT2D eigenvalue weighted by Gasteiger charge is 2.29. The summed E-state index contributed by atoms with van der Waals surface area (Å²) >= 11 is 3.33. The fraction of sp³-hybridized carbons (Fsp3) is 0.471. The quantitative estimate of drug-likeness (QED) is 0.558. The smallest absolute Gasteiger partial charge is 0.305 e. The molecular weight excluding hydrogens is 376 g/mol. The molecule has 1 aromatic carbocycles. The van der Waals surface area contributed by atoms with Gasteiger partial charge in [-0.15, -0.1) is 0 Å². The van der Waals surface area contributed by atoms with Crippen molar-refractivity contribution in [3.05, 3.63) is 34.3 Å². The third kappa shape index (κ3) is 6.31. The predicted octanol–water partition coefficient (Wildman–Crippen LogP) is 2.39. The number of carbonyl (C=O) groups is 3. The Labute approximate surface area is 149 Å². The van der Waals surface area contributed by atoms with Gasteiger partial charge < -0.3 is 15.7 Å². The van der Waals surface area contributed by atoms with Gasteiger partial charge in [0.2, 0.25) is 11.8 Å². The van der Waals surface area contributed by atoms with Crippen molar-refractivity contribution in [1.29, 1.82) is 0 Å². The first-order valence-corrected chi connectivity index (χ1v) is 8.79. The van der Waals surface area contributed by atoms with Gasteiger partial charge in [-0.1, -0.05) is 28.1 Å². The van der Waals surface area contributed by atoms with Crippen LogP contribution in [0.4, 0.5) is 0 Å². The Kier molecular flexibility index (Phi) is 6.78. The van der Waals surface area contributed by atoms with Crippen molar-refractivity contribution in [1.82, 2.24) is 10.6 Å².